The molecule has 0 bridgehead atoms. The van der Waals surface area contributed by atoms with Crippen LogP contribution in [0.4, 0.5) is 0 Å². The summed E-state index contributed by atoms with van der Waals surface area (Å²) in [4.78, 5) is 14.9. The smallest absolute Gasteiger partial charge is 0.251 e. The number of carbonyl (C=O) groups excluding carboxylic acids is 1. The van der Waals surface area contributed by atoms with Crippen molar-refractivity contribution < 1.29 is 9.90 Å². The first kappa shape index (κ1) is 20.3. The number of aliphatic hydroxyl groups is 1. The van der Waals surface area contributed by atoms with Crippen molar-refractivity contribution in [2.75, 3.05) is 13.1 Å². The Bertz CT molecular complexity index is 945. The molecule has 4 nitrogen and oxygen atoms in total. The van der Waals surface area contributed by atoms with Gasteiger partial charge in [-0.1, -0.05) is 66.7 Å². The zero-order valence-corrected chi connectivity index (χ0v) is 17.1. The van der Waals surface area contributed by atoms with Crippen molar-refractivity contribution in [3.8, 4) is 11.1 Å². The number of benzene rings is 3. The molecule has 0 radical (unpaired) electrons. The second-order valence-corrected chi connectivity index (χ2v) is 7.95. The van der Waals surface area contributed by atoms with Gasteiger partial charge in [0.15, 0.2) is 0 Å². The third-order valence-electron chi connectivity index (χ3n) is 5.69. The van der Waals surface area contributed by atoms with Crippen LogP contribution in [-0.2, 0) is 13.1 Å². The molecule has 0 aliphatic carbocycles. The van der Waals surface area contributed by atoms with E-state index in [-0.39, 0.29) is 12.0 Å². The number of carbonyl (C=O) groups is 1. The highest BCUT2D eigenvalue weighted by molar-refractivity contribution is 5.94. The third-order valence-corrected chi connectivity index (χ3v) is 5.69. The van der Waals surface area contributed by atoms with Crippen LogP contribution in [0.15, 0.2) is 78.9 Å². The molecule has 4 rings (SSSR count). The van der Waals surface area contributed by atoms with E-state index in [0.29, 0.717) is 12.1 Å². The standard InChI is InChI=1S/C26H28N2O2/c29-25-14-16-28(17-15-25)19-21-8-6-20(7-9-21)18-27-26(30)24-12-10-23(11-13-24)22-4-2-1-3-5-22/h1-13,25,29H,14-19H2,(H,27,30). The quantitative estimate of drug-likeness (QED) is 0.651. The highest BCUT2D eigenvalue weighted by Gasteiger charge is 2.16. The Morgan fingerprint density at radius 3 is 2.10 bits per heavy atom. The van der Waals surface area contributed by atoms with Gasteiger partial charge in [0.1, 0.15) is 0 Å². The number of nitrogens with one attached hydrogen (secondary N) is 1. The lowest BCUT2D eigenvalue weighted by Crippen LogP contribution is -2.35. The van der Waals surface area contributed by atoms with Gasteiger partial charge in [0.2, 0.25) is 0 Å². The van der Waals surface area contributed by atoms with Crippen LogP contribution in [0.3, 0.4) is 0 Å². The van der Waals surface area contributed by atoms with Crippen molar-refractivity contribution in [2.45, 2.75) is 32.0 Å². The number of likely N-dealkylation sites (tertiary alicyclic amines) is 1. The Kier molecular flexibility index (Phi) is 6.57. The van der Waals surface area contributed by atoms with E-state index in [4.69, 9.17) is 0 Å². The molecule has 0 atom stereocenters. The molecule has 1 saturated heterocycles. The monoisotopic (exact) mass is 400 g/mol. The van der Waals surface area contributed by atoms with Gasteiger partial charge in [0, 0.05) is 31.7 Å². The van der Waals surface area contributed by atoms with E-state index in [9.17, 15) is 9.90 Å². The average Bonchev–Trinajstić information content (AvgIpc) is 2.80. The van der Waals surface area contributed by atoms with Crippen LogP contribution in [0.25, 0.3) is 11.1 Å². The van der Waals surface area contributed by atoms with Crippen molar-refractivity contribution in [2.24, 2.45) is 0 Å². The number of nitrogens with zero attached hydrogens (tertiary/aromatic N) is 1. The fourth-order valence-electron chi connectivity index (χ4n) is 3.83. The molecule has 0 unspecified atom stereocenters. The van der Waals surface area contributed by atoms with Crippen LogP contribution < -0.4 is 5.32 Å². The van der Waals surface area contributed by atoms with Crippen LogP contribution in [0.1, 0.15) is 34.3 Å². The predicted octanol–water partition coefficient (Wildman–Crippen LogP) is 4.24. The number of piperidine rings is 1. The highest BCUT2D eigenvalue weighted by atomic mass is 16.3. The maximum atomic E-state index is 12.5. The minimum absolute atomic E-state index is 0.0643. The minimum Gasteiger partial charge on any atom is -0.393 e. The molecule has 3 aromatic rings. The van der Waals surface area contributed by atoms with E-state index in [1.807, 2.05) is 42.5 Å². The Morgan fingerprint density at radius 1 is 0.833 bits per heavy atom. The molecule has 1 fully saturated rings. The predicted molar refractivity (Wildman–Crippen MR) is 120 cm³/mol. The molecule has 0 spiro atoms. The molecule has 3 aromatic carbocycles. The van der Waals surface area contributed by atoms with Crippen LogP contribution in [0, 0.1) is 0 Å². The number of amides is 1. The molecule has 1 aliphatic rings. The normalized spacial score (nSPS) is 15.1. The summed E-state index contributed by atoms with van der Waals surface area (Å²) in [5.41, 5.74) is 5.26. The molecule has 154 valence electrons. The van der Waals surface area contributed by atoms with Gasteiger partial charge >= 0.3 is 0 Å². The summed E-state index contributed by atoms with van der Waals surface area (Å²) in [7, 11) is 0. The van der Waals surface area contributed by atoms with Gasteiger partial charge in [-0.2, -0.15) is 0 Å². The summed E-state index contributed by atoms with van der Waals surface area (Å²) in [6.45, 7) is 3.31. The highest BCUT2D eigenvalue weighted by Crippen LogP contribution is 2.19. The van der Waals surface area contributed by atoms with Gasteiger partial charge < -0.3 is 10.4 Å². The van der Waals surface area contributed by atoms with Crippen molar-refractivity contribution in [3.63, 3.8) is 0 Å². The maximum Gasteiger partial charge on any atom is 0.251 e. The summed E-state index contributed by atoms with van der Waals surface area (Å²) in [6, 6.07) is 26.3. The molecule has 1 aliphatic heterocycles. The summed E-state index contributed by atoms with van der Waals surface area (Å²) >= 11 is 0. The van der Waals surface area contributed by atoms with Crippen molar-refractivity contribution in [1.29, 1.82) is 0 Å². The van der Waals surface area contributed by atoms with Gasteiger partial charge in [0.05, 0.1) is 6.10 Å². The Labute approximate surface area is 178 Å². The molecule has 2 N–H and O–H groups in total. The summed E-state index contributed by atoms with van der Waals surface area (Å²) in [6.07, 6.45) is 1.58. The second kappa shape index (κ2) is 9.70. The van der Waals surface area contributed by atoms with Crippen molar-refractivity contribution in [1.82, 2.24) is 10.2 Å². The summed E-state index contributed by atoms with van der Waals surface area (Å²) < 4.78 is 0. The lowest BCUT2D eigenvalue weighted by atomic mass is 10.0. The van der Waals surface area contributed by atoms with Gasteiger partial charge in [-0.15, -0.1) is 0 Å². The SMILES string of the molecule is O=C(NCc1ccc(CN2CCC(O)CC2)cc1)c1ccc(-c2ccccc2)cc1. The molecule has 1 heterocycles. The zero-order valence-electron chi connectivity index (χ0n) is 17.1. The van der Waals surface area contributed by atoms with Crippen LogP contribution in [0.2, 0.25) is 0 Å². The van der Waals surface area contributed by atoms with Gasteiger partial charge in [0.25, 0.3) is 5.91 Å². The Hall–Kier alpha value is -2.95. The van der Waals surface area contributed by atoms with Crippen LogP contribution in [-0.4, -0.2) is 35.1 Å². The van der Waals surface area contributed by atoms with Crippen LogP contribution >= 0.6 is 0 Å². The molecule has 0 aromatic heterocycles. The van der Waals surface area contributed by atoms with E-state index >= 15 is 0 Å². The first-order valence-electron chi connectivity index (χ1n) is 10.6. The van der Waals surface area contributed by atoms with Crippen LogP contribution in [0.5, 0.6) is 0 Å². The van der Waals surface area contributed by atoms with Crippen molar-refractivity contribution >= 4 is 5.91 Å². The summed E-state index contributed by atoms with van der Waals surface area (Å²) in [5, 5.41) is 12.6. The van der Waals surface area contributed by atoms with E-state index in [1.165, 1.54) is 5.56 Å². The minimum atomic E-state index is -0.137. The molecule has 4 heteroatoms. The number of hydrogen-bond acceptors (Lipinski definition) is 3. The lowest BCUT2D eigenvalue weighted by Gasteiger charge is -2.29. The van der Waals surface area contributed by atoms with Gasteiger partial charge in [-0.3, -0.25) is 9.69 Å². The third kappa shape index (κ3) is 5.35. The topological polar surface area (TPSA) is 52.6 Å². The average molecular weight is 401 g/mol. The number of hydrogen-bond donors (Lipinski definition) is 2. The number of rotatable bonds is 6. The van der Waals surface area contributed by atoms with E-state index in [0.717, 1.165) is 49.2 Å². The van der Waals surface area contributed by atoms with E-state index < -0.39 is 0 Å². The number of aliphatic hydroxyl groups excluding tert-OH is 1. The first-order chi connectivity index (χ1) is 14.7. The largest absolute Gasteiger partial charge is 0.393 e. The molecular formula is C26H28N2O2. The van der Waals surface area contributed by atoms with Gasteiger partial charge in [-0.25, -0.2) is 0 Å². The molecular weight excluding hydrogens is 372 g/mol. The summed E-state index contributed by atoms with van der Waals surface area (Å²) in [5.74, 6) is -0.0643. The molecule has 30 heavy (non-hydrogen) atoms. The fourth-order valence-corrected chi connectivity index (χ4v) is 3.83. The second-order valence-electron chi connectivity index (χ2n) is 7.95. The Balaban J connectivity index is 1.28. The van der Waals surface area contributed by atoms with Crippen molar-refractivity contribution in [3.05, 3.63) is 95.6 Å². The van der Waals surface area contributed by atoms with E-state index in [2.05, 4.69) is 46.6 Å². The fraction of sp³-hybridized carbons (Fsp3) is 0.269. The maximum absolute atomic E-state index is 12.5. The van der Waals surface area contributed by atoms with Gasteiger partial charge in [-0.05, 0) is 47.2 Å². The lowest BCUT2D eigenvalue weighted by molar-refractivity contribution is 0.0792. The zero-order chi connectivity index (χ0) is 20.8. The Morgan fingerprint density at radius 2 is 1.43 bits per heavy atom. The first-order valence-corrected chi connectivity index (χ1v) is 10.6. The molecule has 0 saturated carbocycles. The molecule has 1 amide bonds. The van der Waals surface area contributed by atoms with E-state index in [1.54, 1.807) is 0 Å².